The predicted molar refractivity (Wildman–Crippen MR) is 122 cm³/mol. The highest BCUT2D eigenvalue weighted by atomic mass is 32.2. The fourth-order valence-electron chi connectivity index (χ4n) is 3.80. The predicted octanol–water partition coefficient (Wildman–Crippen LogP) is 5.73. The molecule has 0 spiro atoms. The van der Waals surface area contributed by atoms with Gasteiger partial charge < -0.3 is 0 Å². The summed E-state index contributed by atoms with van der Waals surface area (Å²) >= 11 is 0. The van der Waals surface area contributed by atoms with Crippen LogP contribution < -0.4 is 0 Å². The molecule has 0 saturated heterocycles. The summed E-state index contributed by atoms with van der Waals surface area (Å²) < 4.78 is 79.5. The van der Waals surface area contributed by atoms with Crippen LogP contribution in [0.25, 0.3) is 22.4 Å². The number of halogens is 4. The molecule has 9 heteroatoms. The number of hydrogen-bond donors (Lipinski definition) is 1. The Morgan fingerprint density at radius 2 is 1.41 bits per heavy atom. The highest BCUT2D eigenvalue weighted by Gasteiger charge is 2.40. The number of benzene rings is 3. The lowest BCUT2D eigenvalue weighted by Gasteiger charge is -2.13. The Morgan fingerprint density at radius 3 is 2.00 bits per heavy atom. The van der Waals surface area contributed by atoms with Crippen LogP contribution in [0.15, 0.2) is 78.9 Å². The van der Waals surface area contributed by atoms with Gasteiger partial charge in [0.05, 0.1) is 5.75 Å². The number of alkyl halides is 3. The molecule has 0 fully saturated rings. The standard InChI is InChI=1S/C25H20F4N2O2S/c26-21-12-10-19(11-13-21)22-23(20-8-6-18(7-9-20)16-34(32)33)30-31(24(22)25(27,28)29)15-14-17-4-2-1-3-5-17/h1-13,34H,14-16H2. The Morgan fingerprint density at radius 1 is 0.794 bits per heavy atom. The Balaban J connectivity index is 1.86. The maximum Gasteiger partial charge on any atom is 0.433 e. The molecule has 0 bridgehead atoms. The van der Waals surface area contributed by atoms with Crippen LogP contribution in [0.5, 0.6) is 0 Å². The molecule has 176 valence electrons. The fraction of sp³-hybridized carbons (Fsp3) is 0.160. The van der Waals surface area contributed by atoms with Crippen molar-refractivity contribution in [1.82, 2.24) is 9.78 Å². The van der Waals surface area contributed by atoms with Crippen LogP contribution in [0.4, 0.5) is 17.6 Å². The molecule has 0 saturated carbocycles. The lowest BCUT2D eigenvalue weighted by atomic mass is 9.98. The van der Waals surface area contributed by atoms with E-state index in [0.29, 0.717) is 17.5 Å². The van der Waals surface area contributed by atoms with Gasteiger partial charge in [-0.3, -0.25) is 4.68 Å². The third-order valence-corrected chi connectivity index (χ3v) is 5.97. The van der Waals surface area contributed by atoms with E-state index in [0.717, 1.165) is 22.4 Å². The zero-order chi connectivity index (χ0) is 24.3. The van der Waals surface area contributed by atoms with Crippen molar-refractivity contribution in [2.45, 2.75) is 24.9 Å². The van der Waals surface area contributed by atoms with Crippen LogP contribution in [0.2, 0.25) is 0 Å². The van der Waals surface area contributed by atoms with Crippen molar-refractivity contribution in [3.05, 3.63) is 102 Å². The van der Waals surface area contributed by atoms with Gasteiger partial charge in [-0.1, -0.05) is 66.7 Å². The normalized spacial score (nSPS) is 11.8. The molecule has 1 aromatic heterocycles. The van der Waals surface area contributed by atoms with Gasteiger partial charge in [0.2, 0.25) is 0 Å². The molecule has 0 aliphatic rings. The van der Waals surface area contributed by atoms with E-state index in [9.17, 15) is 26.0 Å². The second kappa shape index (κ2) is 9.80. The van der Waals surface area contributed by atoms with Crippen LogP contribution in [0.1, 0.15) is 16.8 Å². The van der Waals surface area contributed by atoms with E-state index in [1.54, 1.807) is 24.3 Å². The lowest BCUT2D eigenvalue weighted by molar-refractivity contribution is -0.143. The van der Waals surface area contributed by atoms with Crippen LogP contribution in [0, 0.1) is 5.82 Å². The minimum atomic E-state index is -4.72. The number of aryl methyl sites for hydroxylation is 2. The van der Waals surface area contributed by atoms with E-state index in [2.05, 4.69) is 5.10 Å². The number of rotatable bonds is 7. The first kappa shape index (κ1) is 23.7. The minimum absolute atomic E-state index is 0.0121. The molecule has 3 aromatic carbocycles. The average Bonchev–Trinajstić information content (AvgIpc) is 3.19. The van der Waals surface area contributed by atoms with Gasteiger partial charge in [0.25, 0.3) is 0 Å². The van der Waals surface area contributed by atoms with E-state index in [4.69, 9.17) is 0 Å². The number of thiol groups is 1. The molecule has 0 aliphatic heterocycles. The zero-order valence-corrected chi connectivity index (χ0v) is 18.7. The first-order valence-corrected chi connectivity index (χ1v) is 11.8. The van der Waals surface area contributed by atoms with E-state index < -0.39 is 28.4 Å². The van der Waals surface area contributed by atoms with Crippen LogP contribution in [0.3, 0.4) is 0 Å². The summed E-state index contributed by atoms with van der Waals surface area (Å²) in [5.74, 6) is -0.730. The van der Waals surface area contributed by atoms with Gasteiger partial charge in [-0.25, -0.2) is 12.8 Å². The Hall–Kier alpha value is -3.46. The van der Waals surface area contributed by atoms with Gasteiger partial charge in [-0.2, -0.15) is 18.3 Å². The van der Waals surface area contributed by atoms with E-state index in [1.165, 1.54) is 12.1 Å². The molecule has 0 atom stereocenters. The van der Waals surface area contributed by atoms with E-state index >= 15 is 0 Å². The van der Waals surface area contributed by atoms with Crippen molar-refractivity contribution < 1.29 is 26.0 Å². The molecule has 34 heavy (non-hydrogen) atoms. The van der Waals surface area contributed by atoms with Crippen molar-refractivity contribution in [2.24, 2.45) is 0 Å². The van der Waals surface area contributed by atoms with Crippen LogP contribution in [-0.2, 0) is 35.6 Å². The maximum atomic E-state index is 14.3. The molecule has 0 amide bonds. The fourth-order valence-corrected chi connectivity index (χ4v) is 4.31. The Bertz CT molecular complexity index is 1340. The van der Waals surface area contributed by atoms with Gasteiger partial charge >= 0.3 is 6.18 Å². The molecule has 4 nitrogen and oxygen atoms in total. The van der Waals surface area contributed by atoms with Crippen molar-refractivity contribution in [3.8, 4) is 22.4 Å². The molecule has 4 aromatic rings. The Labute approximate surface area is 195 Å². The average molecular weight is 489 g/mol. The first-order valence-electron chi connectivity index (χ1n) is 10.4. The molecular formula is C25H20F4N2O2S. The third-order valence-electron chi connectivity index (χ3n) is 5.35. The second-order valence-corrected chi connectivity index (χ2v) is 8.71. The number of nitrogens with zero attached hydrogens (tertiary/aromatic N) is 2. The summed E-state index contributed by atoms with van der Waals surface area (Å²) in [6.07, 6.45) is -4.38. The summed E-state index contributed by atoms with van der Waals surface area (Å²) in [7, 11) is -2.63. The quantitative estimate of drug-likeness (QED) is 0.267. The minimum Gasteiger partial charge on any atom is -0.259 e. The molecule has 0 aliphatic carbocycles. The number of aromatic nitrogens is 2. The van der Waals surface area contributed by atoms with Crippen molar-refractivity contribution in [2.75, 3.05) is 0 Å². The first-order chi connectivity index (χ1) is 16.2. The van der Waals surface area contributed by atoms with Crippen LogP contribution >= 0.6 is 0 Å². The molecule has 1 heterocycles. The van der Waals surface area contributed by atoms with Gasteiger partial charge in [-0.15, -0.1) is 0 Å². The van der Waals surface area contributed by atoms with Gasteiger partial charge in [-0.05, 0) is 35.2 Å². The summed E-state index contributed by atoms with van der Waals surface area (Å²) in [5, 5.41) is 4.33. The van der Waals surface area contributed by atoms with Gasteiger partial charge in [0, 0.05) is 17.7 Å². The molecule has 0 radical (unpaired) electrons. The summed E-state index contributed by atoms with van der Waals surface area (Å²) in [5.41, 5.74) is 0.981. The number of hydrogen-bond acceptors (Lipinski definition) is 3. The molecule has 0 unspecified atom stereocenters. The van der Waals surface area contributed by atoms with Crippen LogP contribution in [-0.4, -0.2) is 18.2 Å². The molecule has 0 N–H and O–H groups in total. The third kappa shape index (κ3) is 5.36. The molecule has 4 rings (SSSR count). The van der Waals surface area contributed by atoms with Crippen molar-refractivity contribution in [3.63, 3.8) is 0 Å². The SMILES string of the molecule is O=[SH](=O)Cc1ccc(-c2nn(CCc3ccccc3)c(C(F)(F)F)c2-c2ccc(F)cc2)cc1. The highest BCUT2D eigenvalue weighted by Crippen LogP contribution is 2.43. The maximum absolute atomic E-state index is 14.3. The Kier molecular flexibility index (Phi) is 6.83. The lowest BCUT2D eigenvalue weighted by Crippen LogP contribution is -2.16. The summed E-state index contributed by atoms with van der Waals surface area (Å²) in [4.78, 5) is 0. The largest absolute Gasteiger partial charge is 0.433 e. The smallest absolute Gasteiger partial charge is 0.259 e. The van der Waals surface area contributed by atoms with Crippen molar-refractivity contribution in [1.29, 1.82) is 0 Å². The van der Waals surface area contributed by atoms with Gasteiger partial charge in [0.1, 0.15) is 22.2 Å². The van der Waals surface area contributed by atoms with Gasteiger partial charge in [0.15, 0.2) is 5.69 Å². The zero-order valence-electron chi connectivity index (χ0n) is 17.8. The van der Waals surface area contributed by atoms with E-state index in [-0.39, 0.29) is 29.1 Å². The monoisotopic (exact) mass is 488 g/mol. The molecular weight excluding hydrogens is 468 g/mol. The second-order valence-electron chi connectivity index (χ2n) is 7.72. The highest BCUT2D eigenvalue weighted by molar-refractivity contribution is 7.71. The van der Waals surface area contributed by atoms with E-state index in [1.807, 2.05) is 30.3 Å². The topological polar surface area (TPSA) is 52.0 Å². The summed E-state index contributed by atoms with van der Waals surface area (Å²) in [6.45, 7) is -0.0121. The summed E-state index contributed by atoms with van der Waals surface area (Å²) in [6, 6.07) is 20.1. The van der Waals surface area contributed by atoms with Crippen molar-refractivity contribution >= 4 is 10.7 Å².